The molecule has 0 radical (unpaired) electrons. The molecule has 0 atom stereocenters. The molecule has 0 aliphatic heterocycles. The average molecular weight is 308 g/mol. The van der Waals surface area contributed by atoms with Crippen LogP contribution in [0.3, 0.4) is 0 Å². The Morgan fingerprint density at radius 2 is 1.74 bits per heavy atom. The number of esters is 1. The second-order valence-corrected chi connectivity index (χ2v) is 5.10. The highest BCUT2D eigenvalue weighted by Crippen LogP contribution is 2.16. The standard InChI is InChI=1S/C18H16N2O3/c1-3-16-14-6-4-5-7-15(14)17(21)20(19-16)13-10-8-12(9-11-13)18(22)23-2/h4-11H,3H2,1-2H3. The number of carbonyl (C=O) groups is 1. The van der Waals surface area contributed by atoms with Gasteiger partial charge in [0.25, 0.3) is 5.56 Å². The SMILES string of the molecule is CCc1nn(-c2ccc(C(=O)OC)cc2)c(=O)c2ccccc12. The summed E-state index contributed by atoms with van der Waals surface area (Å²) >= 11 is 0. The van der Waals surface area contributed by atoms with Gasteiger partial charge in [0.05, 0.1) is 29.4 Å². The molecule has 5 nitrogen and oxygen atoms in total. The van der Waals surface area contributed by atoms with Crippen LogP contribution in [-0.4, -0.2) is 22.9 Å². The average Bonchev–Trinajstić information content (AvgIpc) is 2.62. The van der Waals surface area contributed by atoms with E-state index in [9.17, 15) is 9.59 Å². The number of methoxy groups -OCH3 is 1. The van der Waals surface area contributed by atoms with Crippen molar-refractivity contribution in [3.8, 4) is 5.69 Å². The first-order chi connectivity index (χ1) is 11.2. The highest BCUT2D eigenvalue weighted by molar-refractivity contribution is 5.89. The Balaban J connectivity index is 2.18. The zero-order valence-electron chi connectivity index (χ0n) is 12.9. The van der Waals surface area contributed by atoms with Crippen LogP contribution in [0.2, 0.25) is 0 Å². The molecule has 3 aromatic rings. The second-order valence-electron chi connectivity index (χ2n) is 5.10. The van der Waals surface area contributed by atoms with E-state index >= 15 is 0 Å². The Hall–Kier alpha value is -2.95. The maximum Gasteiger partial charge on any atom is 0.337 e. The minimum atomic E-state index is -0.412. The lowest BCUT2D eigenvalue weighted by atomic mass is 10.1. The van der Waals surface area contributed by atoms with Gasteiger partial charge in [0.15, 0.2) is 0 Å². The zero-order valence-corrected chi connectivity index (χ0v) is 12.9. The molecule has 0 aliphatic rings. The van der Waals surface area contributed by atoms with E-state index in [4.69, 9.17) is 0 Å². The van der Waals surface area contributed by atoms with E-state index in [1.165, 1.54) is 11.8 Å². The predicted molar refractivity (Wildman–Crippen MR) is 88.1 cm³/mol. The maximum absolute atomic E-state index is 12.7. The fraction of sp³-hybridized carbons (Fsp3) is 0.167. The van der Waals surface area contributed by atoms with Crippen molar-refractivity contribution in [2.75, 3.05) is 7.11 Å². The van der Waals surface area contributed by atoms with Crippen molar-refractivity contribution >= 4 is 16.7 Å². The van der Waals surface area contributed by atoms with Crippen molar-refractivity contribution in [1.29, 1.82) is 0 Å². The number of hydrogen-bond donors (Lipinski definition) is 0. The molecule has 0 aliphatic carbocycles. The van der Waals surface area contributed by atoms with Crippen LogP contribution in [0.4, 0.5) is 0 Å². The lowest BCUT2D eigenvalue weighted by Gasteiger charge is -2.10. The molecule has 0 bridgehead atoms. The molecule has 0 spiro atoms. The van der Waals surface area contributed by atoms with Gasteiger partial charge in [-0.25, -0.2) is 4.79 Å². The molecule has 23 heavy (non-hydrogen) atoms. The lowest BCUT2D eigenvalue weighted by Crippen LogP contribution is -2.23. The largest absolute Gasteiger partial charge is 0.465 e. The van der Waals surface area contributed by atoms with Gasteiger partial charge in [-0.15, -0.1) is 0 Å². The third kappa shape index (κ3) is 2.61. The number of ether oxygens (including phenoxy) is 1. The molecule has 0 saturated heterocycles. The fourth-order valence-corrected chi connectivity index (χ4v) is 2.55. The lowest BCUT2D eigenvalue weighted by molar-refractivity contribution is 0.0601. The minimum absolute atomic E-state index is 0.177. The second kappa shape index (κ2) is 6.04. The molecule has 0 fully saturated rings. The monoisotopic (exact) mass is 308 g/mol. The summed E-state index contributed by atoms with van der Waals surface area (Å²) in [4.78, 5) is 24.2. The van der Waals surface area contributed by atoms with Crippen LogP contribution in [0.25, 0.3) is 16.5 Å². The van der Waals surface area contributed by atoms with Crippen molar-refractivity contribution in [2.24, 2.45) is 0 Å². The summed E-state index contributed by atoms with van der Waals surface area (Å²) in [5.74, 6) is -0.412. The number of aryl methyl sites for hydroxylation is 1. The Morgan fingerprint density at radius 3 is 2.35 bits per heavy atom. The number of rotatable bonds is 3. The number of aromatic nitrogens is 2. The summed E-state index contributed by atoms with van der Waals surface area (Å²) < 4.78 is 6.05. The van der Waals surface area contributed by atoms with E-state index in [2.05, 4.69) is 9.84 Å². The van der Waals surface area contributed by atoms with Gasteiger partial charge < -0.3 is 4.74 Å². The number of benzene rings is 2. The van der Waals surface area contributed by atoms with Crippen LogP contribution in [0.1, 0.15) is 23.0 Å². The molecule has 3 rings (SSSR count). The van der Waals surface area contributed by atoms with Gasteiger partial charge in [0, 0.05) is 5.39 Å². The Kier molecular flexibility index (Phi) is 3.93. The van der Waals surface area contributed by atoms with Gasteiger partial charge in [-0.05, 0) is 36.8 Å². The Bertz CT molecular complexity index is 927. The highest BCUT2D eigenvalue weighted by Gasteiger charge is 2.11. The molecule has 5 heteroatoms. The number of carbonyl (C=O) groups excluding carboxylic acids is 1. The quantitative estimate of drug-likeness (QED) is 0.698. The summed E-state index contributed by atoms with van der Waals surface area (Å²) in [6, 6.07) is 14.1. The third-order valence-corrected chi connectivity index (χ3v) is 3.75. The van der Waals surface area contributed by atoms with Crippen molar-refractivity contribution < 1.29 is 9.53 Å². The van der Waals surface area contributed by atoms with Crippen LogP contribution in [0, 0.1) is 0 Å². The summed E-state index contributed by atoms with van der Waals surface area (Å²) in [6.45, 7) is 2.00. The highest BCUT2D eigenvalue weighted by atomic mass is 16.5. The molecule has 2 aromatic carbocycles. The summed E-state index contributed by atoms with van der Waals surface area (Å²) in [5.41, 5.74) is 1.73. The van der Waals surface area contributed by atoms with Crippen molar-refractivity contribution in [2.45, 2.75) is 13.3 Å². The summed E-state index contributed by atoms with van der Waals surface area (Å²) in [7, 11) is 1.33. The minimum Gasteiger partial charge on any atom is -0.465 e. The smallest absolute Gasteiger partial charge is 0.337 e. The van der Waals surface area contributed by atoms with Crippen LogP contribution >= 0.6 is 0 Å². The molecular formula is C18H16N2O3. The molecule has 1 heterocycles. The van der Waals surface area contributed by atoms with Crippen LogP contribution < -0.4 is 5.56 Å². The van der Waals surface area contributed by atoms with Crippen molar-refractivity contribution in [3.05, 3.63) is 70.1 Å². The van der Waals surface area contributed by atoms with Gasteiger partial charge in [0.1, 0.15) is 0 Å². The maximum atomic E-state index is 12.7. The van der Waals surface area contributed by atoms with E-state index < -0.39 is 5.97 Å². The topological polar surface area (TPSA) is 61.2 Å². The van der Waals surface area contributed by atoms with Gasteiger partial charge in [-0.3, -0.25) is 4.79 Å². The van der Waals surface area contributed by atoms with Crippen LogP contribution in [0.5, 0.6) is 0 Å². The molecular weight excluding hydrogens is 292 g/mol. The molecule has 0 N–H and O–H groups in total. The van der Waals surface area contributed by atoms with Crippen LogP contribution in [0.15, 0.2) is 53.3 Å². The van der Waals surface area contributed by atoms with E-state index in [-0.39, 0.29) is 5.56 Å². The number of nitrogens with zero attached hydrogens (tertiary/aromatic N) is 2. The van der Waals surface area contributed by atoms with E-state index in [0.717, 1.165) is 17.5 Å². The summed E-state index contributed by atoms with van der Waals surface area (Å²) in [5, 5.41) is 5.98. The first-order valence-electron chi connectivity index (χ1n) is 7.35. The van der Waals surface area contributed by atoms with Crippen LogP contribution in [-0.2, 0) is 11.2 Å². The first kappa shape index (κ1) is 15.0. The Morgan fingerprint density at radius 1 is 1.09 bits per heavy atom. The number of fused-ring (bicyclic) bond motifs is 1. The van der Waals surface area contributed by atoms with Crippen molar-refractivity contribution in [1.82, 2.24) is 9.78 Å². The van der Waals surface area contributed by atoms with Crippen molar-refractivity contribution in [3.63, 3.8) is 0 Å². The number of hydrogen-bond acceptors (Lipinski definition) is 4. The molecule has 1 aromatic heterocycles. The van der Waals surface area contributed by atoms with Gasteiger partial charge in [-0.1, -0.05) is 25.1 Å². The van der Waals surface area contributed by atoms with Gasteiger partial charge in [0.2, 0.25) is 0 Å². The normalized spacial score (nSPS) is 10.7. The molecule has 116 valence electrons. The van der Waals surface area contributed by atoms with E-state index in [0.29, 0.717) is 16.6 Å². The molecule has 0 saturated carbocycles. The molecule has 0 unspecified atom stereocenters. The van der Waals surface area contributed by atoms with E-state index in [1.54, 1.807) is 30.3 Å². The summed E-state index contributed by atoms with van der Waals surface area (Å²) in [6.07, 6.45) is 0.723. The first-order valence-corrected chi connectivity index (χ1v) is 7.35. The third-order valence-electron chi connectivity index (χ3n) is 3.75. The van der Waals surface area contributed by atoms with Gasteiger partial charge in [-0.2, -0.15) is 9.78 Å². The zero-order chi connectivity index (χ0) is 16.4. The Labute approximate surface area is 133 Å². The van der Waals surface area contributed by atoms with E-state index in [1.807, 2.05) is 25.1 Å². The fourth-order valence-electron chi connectivity index (χ4n) is 2.55. The molecule has 0 amide bonds. The predicted octanol–water partition coefficient (Wildman–Crippen LogP) is 2.73. The van der Waals surface area contributed by atoms with Gasteiger partial charge >= 0.3 is 5.97 Å².